The van der Waals surface area contributed by atoms with Gasteiger partial charge in [-0.25, -0.2) is 4.39 Å². The molecule has 1 aliphatic heterocycles. The van der Waals surface area contributed by atoms with Crippen molar-refractivity contribution in [2.45, 2.75) is 32.5 Å². The smallest absolute Gasteiger partial charge is 0.170 e. The third kappa shape index (κ3) is 4.00. The highest BCUT2D eigenvalue weighted by atomic mass is 32.1. The third-order valence-electron chi connectivity index (χ3n) is 6.17. The van der Waals surface area contributed by atoms with Gasteiger partial charge in [0.25, 0.3) is 0 Å². The van der Waals surface area contributed by atoms with Crippen molar-refractivity contribution in [2.75, 3.05) is 0 Å². The second kappa shape index (κ2) is 8.75. The Labute approximate surface area is 197 Å². The van der Waals surface area contributed by atoms with E-state index in [4.69, 9.17) is 12.2 Å². The monoisotopic (exact) mass is 457 g/mol. The second-order valence-corrected chi connectivity index (χ2v) is 8.63. The lowest BCUT2D eigenvalue weighted by Crippen LogP contribution is -2.29. The Morgan fingerprint density at radius 3 is 2.45 bits per heavy atom. The molecule has 5 rings (SSSR count). The first-order valence-electron chi connectivity index (χ1n) is 10.8. The molecule has 1 aliphatic rings. The third-order valence-corrected chi connectivity index (χ3v) is 6.53. The van der Waals surface area contributed by atoms with Gasteiger partial charge in [0.1, 0.15) is 5.82 Å². The van der Waals surface area contributed by atoms with Gasteiger partial charge >= 0.3 is 0 Å². The predicted octanol–water partition coefficient (Wildman–Crippen LogP) is 5.20. The second-order valence-electron chi connectivity index (χ2n) is 8.25. The molecule has 4 heterocycles. The first-order valence-corrected chi connectivity index (χ1v) is 11.3. The summed E-state index contributed by atoms with van der Waals surface area (Å²) in [7, 11) is 0. The van der Waals surface area contributed by atoms with Crippen LogP contribution in [-0.4, -0.2) is 24.5 Å². The molecule has 0 spiro atoms. The topological polar surface area (TPSA) is 46.0 Å². The van der Waals surface area contributed by atoms with Crippen molar-refractivity contribution in [3.05, 3.63) is 113 Å². The number of nitrogens with zero attached hydrogens (tertiary/aromatic N) is 4. The van der Waals surface area contributed by atoms with E-state index in [-0.39, 0.29) is 17.9 Å². The number of aromatic nitrogens is 3. The zero-order valence-corrected chi connectivity index (χ0v) is 19.3. The van der Waals surface area contributed by atoms with Crippen LogP contribution in [0.1, 0.15) is 40.3 Å². The lowest BCUT2D eigenvalue weighted by molar-refractivity contribution is 0.310. The minimum atomic E-state index is -0.245. The fraction of sp³-hybridized carbons (Fsp3) is 0.192. The van der Waals surface area contributed by atoms with E-state index in [0.717, 1.165) is 33.9 Å². The number of thiocarbonyl (C=S) groups is 1. The lowest BCUT2D eigenvalue weighted by atomic mass is 9.96. The van der Waals surface area contributed by atoms with Gasteiger partial charge in [-0.1, -0.05) is 6.07 Å². The van der Waals surface area contributed by atoms with Crippen LogP contribution in [-0.2, 0) is 6.54 Å². The molecule has 33 heavy (non-hydrogen) atoms. The number of benzene rings is 1. The Hall–Kier alpha value is -3.58. The van der Waals surface area contributed by atoms with Gasteiger partial charge in [0.15, 0.2) is 5.11 Å². The van der Waals surface area contributed by atoms with E-state index in [0.29, 0.717) is 11.7 Å². The van der Waals surface area contributed by atoms with Crippen molar-refractivity contribution in [1.29, 1.82) is 0 Å². The Bertz CT molecular complexity index is 1270. The summed E-state index contributed by atoms with van der Waals surface area (Å²) in [4.78, 5) is 11.0. The van der Waals surface area contributed by atoms with Crippen molar-refractivity contribution in [3.63, 3.8) is 0 Å². The molecule has 0 amide bonds. The zero-order chi connectivity index (χ0) is 22.9. The van der Waals surface area contributed by atoms with Gasteiger partial charge in [-0.15, -0.1) is 0 Å². The Balaban J connectivity index is 1.61. The number of aryl methyl sites for hydroxylation is 1. The van der Waals surface area contributed by atoms with Gasteiger partial charge < -0.3 is 14.8 Å². The number of nitrogens with one attached hydrogen (secondary N) is 1. The Morgan fingerprint density at radius 1 is 1.00 bits per heavy atom. The maximum atomic E-state index is 13.5. The van der Waals surface area contributed by atoms with Crippen molar-refractivity contribution in [2.24, 2.45) is 0 Å². The molecular weight excluding hydrogens is 433 g/mol. The maximum Gasteiger partial charge on any atom is 0.170 e. The number of pyridine rings is 2. The maximum absolute atomic E-state index is 13.5. The van der Waals surface area contributed by atoms with Crippen LogP contribution in [0.4, 0.5) is 4.39 Å². The van der Waals surface area contributed by atoms with Crippen LogP contribution in [0.15, 0.2) is 79.3 Å². The van der Waals surface area contributed by atoms with Crippen LogP contribution in [0.2, 0.25) is 0 Å². The molecule has 4 aromatic rings. The Morgan fingerprint density at radius 2 is 1.76 bits per heavy atom. The van der Waals surface area contributed by atoms with Crippen LogP contribution in [0, 0.1) is 19.7 Å². The largest absolute Gasteiger partial charge is 0.352 e. The molecule has 1 fully saturated rings. The van der Waals surface area contributed by atoms with E-state index in [2.05, 4.69) is 44.7 Å². The molecule has 1 saturated heterocycles. The average molecular weight is 458 g/mol. The predicted molar refractivity (Wildman–Crippen MR) is 130 cm³/mol. The van der Waals surface area contributed by atoms with Gasteiger partial charge in [-0.3, -0.25) is 9.97 Å². The molecule has 1 N–H and O–H groups in total. The highest BCUT2D eigenvalue weighted by Gasteiger charge is 2.41. The van der Waals surface area contributed by atoms with Gasteiger partial charge in [-0.05, 0) is 91.8 Å². The highest BCUT2D eigenvalue weighted by Crippen LogP contribution is 2.42. The fourth-order valence-electron chi connectivity index (χ4n) is 4.67. The first-order chi connectivity index (χ1) is 16.0. The normalized spacial score (nSPS) is 17.9. The zero-order valence-electron chi connectivity index (χ0n) is 18.4. The quantitative estimate of drug-likeness (QED) is 0.418. The fourth-order valence-corrected chi connectivity index (χ4v) is 4.98. The van der Waals surface area contributed by atoms with Gasteiger partial charge in [0.2, 0.25) is 0 Å². The molecule has 166 valence electrons. The number of rotatable bonds is 5. The standard InChI is InChI=1S/C26H24FN5S/c1-17-15-22(18(2)32(17)21-8-6-20(27)7-9-21)25-24(23-5-3-4-12-29-23)30-26(33)31(25)16-19-10-13-28-14-11-19/h3-15,24-25H,16H2,1-2H3,(H,30,33)/t24-,25+/m1/s1. The summed E-state index contributed by atoms with van der Waals surface area (Å²) in [6.45, 7) is 4.83. The van der Waals surface area contributed by atoms with Crippen LogP contribution in [0.25, 0.3) is 5.69 Å². The molecular formula is C26H24FN5S. The van der Waals surface area contributed by atoms with E-state index in [9.17, 15) is 4.39 Å². The summed E-state index contributed by atoms with van der Waals surface area (Å²) < 4.78 is 15.7. The Kier molecular flexibility index (Phi) is 5.64. The summed E-state index contributed by atoms with van der Waals surface area (Å²) in [5, 5.41) is 4.21. The van der Waals surface area contributed by atoms with E-state index in [1.165, 1.54) is 12.1 Å². The van der Waals surface area contributed by atoms with E-state index >= 15 is 0 Å². The molecule has 5 nitrogen and oxygen atoms in total. The van der Waals surface area contributed by atoms with Crippen LogP contribution in [0.3, 0.4) is 0 Å². The molecule has 0 unspecified atom stereocenters. The average Bonchev–Trinajstić information content (AvgIpc) is 3.31. The molecule has 0 aliphatic carbocycles. The summed E-state index contributed by atoms with van der Waals surface area (Å²) >= 11 is 5.81. The van der Waals surface area contributed by atoms with Crippen LogP contribution >= 0.6 is 12.2 Å². The highest BCUT2D eigenvalue weighted by molar-refractivity contribution is 7.80. The molecule has 0 radical (unpaired) electrons. The number of halogens is 1. The molecule has 2 atom stereocenters. The summed E-state index contributed by atoms with van der Waals surface area (Å²) in [5.41, 5.74) is 6.34. The van der Waals surface area contributed by atoms with Crippen LogP contribution < -0.4 is 5.32 Å². The van der Waals surface area contributed by atoms with E-state index in [1.54, 1.807) is 12.4 Å². The summed E-state index contributed by atoms with van der Waals surface area (Å²) in [6.07, 6.45) is 5.41. The van der Waals surface area contributed by atoms with E-state index in [1.807, 2.05) is 48.7 Å². The van der Waals surface area contributed by atoms with Crippen molar-refractivity contribution in [1.82, 2.24) is 24.8 Å². The van der Waals surface area contributed by atoms with Gasteiger partial charge in [-0.2, -0.15) is 0 Å². The molecule has 0 bridgehead atoms. The van der Waals surface area contributed by atoms with Crippen LogP contribution in [0.5, 0.6) is 0 Å². The molecule has 3 aromatic heterocycles. The lowest BCUT2D eigenvalue weighted by Gasteiger charge is -2.28. The SMILES string of the molecule is Cc1cc([C@H]2[C@@H](c3ccccn3)NC(=S)N2Cc2ccncc2)c(C)n1-c1ccc(F)cc1. The first kappa shape index (κ1) is 21.3. The van der Waals surface area contributed by atoms with Gasteiger partial charge in [0.05, 0.1) is 17.8 Å². The summed E-state index contributed by atoms with van der Waals surface area (Å²) in [5.74, 6) is -0.245. The molecule has 1 aromatic carbocycles. The van der Waals surface area contributed by atoms with Crippen molar-refractivity contribution < 1.29 is 4.39 Å². The van der Waals surface area contributed by atoms with E-state index < -0.39 is 0 Å². The minimum absolute atomic E-state index is 0.0547. The molecule has 0 saturated carbocycles. The number of hydrogen-bond donors (Lipinski definition) is 1. The van der Waals surface area contributed by atoms with Crippen molar-refractivity contribution >= 4 is 17.3 Å². The molecule has 7 heteroatoms. The summed E-state index contributed by atoms with van der Waals surface area (Å²) in [6, 6.07) is 18.6. The van der Waals surface area contributed by atoms with Gasteiger partial charge in [0, 0.05) is 42.2 Å². The number of hydrogen-bond acceptors (Lipinski definition) is 3. The van der Waals surface area contributed by atoms with Crippen molar-refractivity contribution in [3.8, 4) is 5.69 Å². The minimum Gasteiger partial charge on any atom is -0.352 e.